The Kier molecular flexibility index (Phi) is 5.69. The molecule has 0 aromatic rings. The molecule has 0 radical (unpaired) electrons. The van der Waals surface area contributed by atoms with Crippen molar-refractivity contribution < 1.29 is 9.84 Å². The summed E-state index contributed by atoms with van der Waals surface area (Å²) < 4.78 is 5.91. The number of hydrogen-bond acceptors (Lipinski definition) is 3. The Morgan fingerprint density at radius 2 is 1.74 bits per heavy atom. The lowest BCUT2D eigenvalue weighted by atomic mass is 9.85. The van der Waals surface area contributed by atoms with Crippen molar-refractivity contribution in [2.75, 3.05) is 26.2 Å². The van der Waals surface area contributed by atoms with Crippen molar-refractivity contribution in [3.8, 4) is 12.3 Å². The Bertz CT molecular complexity index is 298. The van der Waals surface area contributed by atoms with E-state index in [1.54, 1.807) is 0 Å². The minimum absolute atomic E-state index is 0.376. The third-order valence-corrected chi connectivity index (χ3v) is 4.39. The maximum absolute atomic E-state index is 10.1. The minimum Gasteiger partial charge on any atom is -0.389 e. The minimum atomic E-state index is -0.412. The Balaban J connectivity index is 1.72. The number of piperidine rings is 1. The molecule has 1 atom stereocenters. The molecule has 1 saturated carbocycles. The van der Waals surface area contributed by atoms with Crippen molar-refractivity contribution in [2.24, 2.45) is 0 Å². The van der Waals surface area contributed by atoms with E-state index in [1.165, 1.54) is 25.7 Å². The van der Waals surface area contributed by atoms with Crippen molar-refractivity contribution in [2.45, 2.75) is 63.1 Å². The van der Waals surface area contributed by atoms with Crippen LogP contribution < -0.4 is 0 Å². The van der Waals surface area contributed by atoms with Gasteiger partial charge in [0.2, 0.25) is 0 Å². The zero-order valence-electron chi connectivity index (χ0n) is 11.9. The molecule has 0 aromatic carbocycles. The van der Waals surface area contributed by atoms with Crippen molar-refractivity contribution in [1.29, 1.82) is 0 Å². The highest BCUT2D eigenvalue weighted by Gasteiger charge is 2.31. The number of ether oxygens (including phenoxy) is 1. The normalized spacial score (nSPS) is 25.7. The summed E-state index contributed by atoms with van der Waals surface area (Å²) in [4.78, 5) is 2.33. The molecule has 0 aromatic heterocycles. The summed E-state index contributed by atoms with van der Waals surface area (Å²) in [5.41, 5.74) is -0.402. The zero-order valence-corrected chi connectivity index (χ0v) is 11.9. The summed E-state index contributed by atoms with van der Waals surface area (Å²) in [6.45, 7) is 3.32. The van der Waals surface area contributed by atoms with Gasteiger partial charge in [0.25, 0.3) is 0 Å². The molecular weight excluding hydrogens is 238 g/mol. The fraction of sp³-hybridized carbons (Fsp3) is 0.875. The van der Waals surface area contributed by atoms with E-state index < -0.39 is 11.7 Å². The van der Waals surface area contributed by atoms with E-state index >= 15 is 0 Å². The fourth-order valence-electron chi connectivity index (χ4n) is 3.20. The second kappa shape index (κ2) is 7.28. The molecule has 0 bridgehead atoms. The Morgan fingerprint density at radius 1 is 1.11 bits per heavy atom. The van der Waals surface area contributed by atoms with E-state index in [0.717, 1.165) is 45.3 Å². The van der Waals surface area contributed by atoms with Gasteiger partial charge in [0.05, 0.1) is 12.7 Å². The average Bonchev–Trinajstić information content (AvgIpc) is 2.47. The lowest BCUT2D eigenvalue weighted by molar-refractivity contribution is -0.0704. The summed E-state index contributed by atoms with van der Waals surface area (Å²) in [6, 6.07) is 0. The molecule has 3 nitrogen and oxygen atoms in total. The molecule has 2 aliphatic rings. The van der Waals surface area contributed by atoms with E-state index in [4.69, 9.17) is 11.2 Å². The lowest BCUT2D eigenvalue weighted by Crippen LogP contribution is -2.41. The number of aliphatic hydroxyl groups is 1. The van der Waals surface area contributed by atoms with Crippen LogP contribution in [-0.4, -0.2) is 48.0 Å². The SMILES string of the molecule is C#CC1(OC[C@H](O)CN2CCCCC2)CCCCC1. The highest BCUT2D eigenvalue weighted by molar-refractivity contribution is 5.09. The first-order valence-electron chi connectivity index (χ1n) is 7.76. The molecule has 1 saturated heterocycles. The predicted molar refractivity (Wildman–Crippen MR) is 76.9 cm³/mol. The molecule has 0 amide bonds. The number of nitrogens with zero attached hydrogens (tertiary/aromatic N) is 1. The molecule has 2 rings (SSSR count). The molecule has 2 fully saturated rings. The van der Waals surface area contributed by atoms with Gasteiger partial charge in [-0.15, -0.1) is 6.42 Å². The largest absolute Gasteiger partial charge is 0.389 e. The molecule has 108 valence electrons. The van der Waals surface area contributed by atoms with E-state index in [9.17, 15) is 5.11 Å². The molecule has 19 heavy (non-hydrogen) atoms. The Morgan fingerprint density at radius 3 is 2.37 bits per heavy atom. The summed E-state index contributed by atoms with van der Waals surface area (Å²) in [7, 11) is 0. The quantitative estimate of drug-likeness (QED) is 0.773. The van der Waals surface area contributed by atoms with Crippen LogP contribution in [0.15, 0.2) is 0 Å². The number of likely N-dealkylation sites (tertiary alicyclic amines) is 1. The summed E-state index contributed by atoms with van der Waals surface area (Å²) >= 11 is 0. The van der Waals surface area contributed by atoms with Gasteiger partial charge < -0.3 is 14.7 Å². The van der Waals surface area contributed by atoms with Gasteiger partial charge in [-0.2, -0.15) is 0 Å². The van der Waals surface area contributed by atoms with E-state index in [1.807, 2.05) is 0 Å². The summed E-state index contributed by atoms with van der Waals surface area (Å²) in [5.74, 6) is 2.83. The Hall–Kier alpha value is -0.560. The first kappa shape index (κ1) is 14.8. The third kappa shape index (κ3) is 4.49. The average molecular weight is 265 g/mol. The maximum atomic E-state index is 10.1. The molecule has 0 spiro atoms. The van der Waals surface area contributed by atoms with Crippen molar-refractivity contribution in [3.63, 3.8) is 0 Å². The predicted octanol–water partition coefficient (Wildman–Crippen LogP) is 2.19. The molecule has 3 heteroatoms. The number of rotatable bonds is 5. The monoisotopic (exact) mass is 265 g/mol. The Labute approximate surface area is 117 Å². The van der Waals surface area contributed by atoms with Crippen LogP contribution in [0.3, 0.4) is 0 Å². The molecule has 1 aliphatic heterocycles. The van der Waals surface area contributed by atoms with Gasteiger partial charge in [-0.3, -0.25) is 0 Å². The highest BCUT2D eigenvalue weighted by Crippen LogP contribution is 2.31. The van der Waals surface area contributed by atoms with Crippen LogP contribution in [-0.2, 0) is 4.74 Å². The van der Waals surface area contributed by atoms with Crippen molar-refractivity contribution >= 4 is 0 Å². The topological polar surface area (TPSA) is 32.7 Å². The van der Waals surface area contributed by atoms with Gasteiger partial charge in [-0.1, -0.05) is 18.8 Å². The van der Waals surface area contributed by atoms with Gasteiger partial charge in [0.15, 0.2) is 0 Å². The van der Waals surface area contributed by atoms with Gasteiger partial charge in [-0.05, 0) is 51.6 Å². The lowest BCUT2D eigenvalue weighted by Gasteiger charge is -2.34. The smallest absolute Gasteiger partial charge is 0.128 e. The van der Waals surface area contributed by atoms with E-state index in [2.05, 4.69) is 10.8 Å². The summed E-state index contributed by atoms with van der Waals surface area (Å²) in [6.07, 6.45) is 14.5. The van der Waals surface area contributed by atoms with E-state index in [0.29, 0.717) is 6.61 Å². The van der Waals surface area contributed by atoms with Crippen LogP contribution in [0.5, 0.6) is 0 Å². The highest BCUT2D eigenvalue weighted by atomic mass is 16.5. The third-order valence-electron chi connectivity index (χ3n) is 4.39. The van der Waals surface area contributed by atoms with Crippen LogP contribution >= 0.6 is 0 Å². The second-order valence-electron chi connectivity index (χ2n) is 6.03. The van der Waals surface area contributed by atoms with Gasteiger partial charge in [0, 0.05) is 6.54 Å². The first-order chi connectivity index (χ1) is 9.24. The van der Waals surface area contributed by atoms with Gasteiger partial charge in [-0.25, -0.2) is 0 Å². The van der Waals surface area contributed by atoms with Crippen LogP contribution in [0.4, 0.5) is 0 Å². The van der Waals surface area contributed by atoms with Gasteiger partial charge in [0.1, 0.15) is 5.60 Å². The molecule has 1 aliphatic carbocycles. The zero-order chi connectivity index (χ0) is 13.6. The second-order valence-corrected chi connectivity index (χ2v) is 6.03. The number of hydrogen-bond donors (Lipinski definition) is 1. The number of β-amino-alcohol motifs (C(OH)–C–C–N with tert-alkyl or cyclic N) is 1. The maximum Gasteiger partial charge on any atom is 0.128 e. The molecule has 1 heterocycles. The van der Waals surface area contributed by atoms with Crippen LogP contribution in [0.25, 0.3) is 0 Å². The summed E-state index contributed by atoms with van der Waals surface area (Å²) in [5, 5.41) is 10.1. The van der Waals surface area contributed by atoms with Crippen molar-refractivity contribution in [1.82, 2.24) is 4.90 Å². The van der Waals surface area contributed by atoms with Crippen LogP contribution in [0.2, 0.25) is 0 Å². The number of aliphatic hydroxyl groups excluding tert-OH is 1. The molecule has 1 N–H and O–H groups in total. The van der Waals surface area contributed by atoms with Crippen LogP contribution in [0, 0.1) is 12.3 Å². The van der Waals surface area contributed by atoms with Gasteiger partial charge >= 0.3 is 0 Å². The number of terminal acetylenes is 1. The van der Waals surface area contributed by atoms with Crippen LogP contribution in [0.1, 0.15) is 51.4 Å². The van der Waals surface area contributed by atoms with E-state index in [-0.39, 0.29) is 0 Å². The molecule has 0 unspecified atom stereocenters. The standard InChI is InChI=1S/C16H27NO2/c1-2-16(9-5-3-6-10-16)19-14-15(18)13-17-11-7-4-8-12-17/h1,15,18H,3-14H2/t15-/m1/s1. The molecular formula is C16H27NO2. The van der Waals surface area contributed by atoms with Crippen molar-refractivity contribution in [3.05, 3.63) is 0 Å². The fourth-order valence-corrected chi connectivity index (χ4v) is 3.20. The first-order valence-corrected chi connectivity index (χ1v) is 7.76.